The van der Waals surface area contributed by atoms with Gasteiger partial charge in [-0.15, -0.1) is 0 Å². The van der Waals surface area contributed by atoms with E-state index in [1.165, 1.54) is 30.4 Å². The normalized spacial score (nSPS) is 14.2. The second kappa shape index (κ2) is 5.02. The molecule has 2 aromatic rings. The van der Waals surface area contributed by atoms with Crippen LogP contribution in [-0.2, 0) is 19.4 Å². The van der Waals surface area contributed by atoms with E-state index in [1.807, 2.05) is 12.1 Å². The third kappa shape index (κ3) is 2.34. The van der Waals surface area contributed by atoms with Gasteiger partial charge in [-0.3, -0.25) is 4.79 Å². The molecule has 0 aliphatic heterocycles. The Kier molecular flexibility index (Phi) is 3.22. The van der Waals surface area contributed by atoms with Gasteiger partial charge in [0.2, 0.25) is 0 Å². The van der Waals surface area contributed by atoms with Crippen molar-refractivity contribution in [2.45, 2.75) is 32.2 Å². The van der Waals surface area contributed by atoms with Crippen molar-refractivity contribution in [3.8, 4) is 11.3 Å². The average Bonchev–Trinajstić information content (AvgIpc) is 2.46. The summed E-state index contributed by atoms with van der Waals surface area (Å²) in [4.78, 5) is 14.7. The molecule has 0 unspecified atom stereocenters. The van der Waals surface area contributed by atoms with E-state index in [0.717, 1.165) is 17.7 Å². The number of pyridine rings is 1. The van der Waals surface area contributed by atoms with Crippen LogP contribution in [0.25, 0.3) is 11.3 Å². The number of hydrogen-bond donors (Lipinski definition) is 2. The summed E-state index contributed by atoms with van der Waals surface area (Å²) in [7, 11) is 0. The second-order valence-electron chi connectivity index (χ2n) is 5.12. The molecule has 1 aromatic heterocycles. The summed E-state index contributed by atoms with van der Waals surface area (Å²) in [6, 6.07) is 10.3. The quantitative estimate of drug-likeness (QED) is 0.864. The lowest BCUT2D eigenvalue weighted by molar-refractivity contribution is 0.686. The minimum atomic E-state index is -0.0854. The monoisotopic (exact) mass is 254 g/mol. The van der Waals surface area contributed by atoms with Crippen molar-refractivity contribution in [1.29, 1.82) is 0 Å². The van der Waals surface area contributed by atoms with Gasteiger partial charge >= 0.3 is 0 Å². The molecule has 1 aliphatic carbocycles. The van der Waals surface area contributed by atoms with Gasteiger partial charge in [0.1, 0.15) is 0 Å². The van der Waals surface area contributed by atoms with E-state index in [0.29, 0.717) is 5.56 Å². The Morgan fingerprint density at radius 2 is 1.84 bits per heavy atom. The van der Waals surface area contributed by atoms with Gasteiger partial charge in [0, 0.05) is 17.8 Å². The van der Waals surface area contributed by atoms with E-state index in [2.05, 4.69) is 23.2 Å². The van der Waals surface area contributed by atoms with Crippen molar-refractivity contribution in [2.75, 3.05) is 0 Å². The largest absolute Gasteiger partial charge is 0.326 e. The zero-order chi connectivity index (χ0) is 13.2. The fraction of sp³-hybridized carbons (Fsp3) is 0.312. The summed E-state index contributed by atoms with van der Waals surface area (Å²) in [5, 5.41) is 0. The Bertz CT molecular complexity index is 658. The Morgan fingerprint density at radius 1 is 1.05 bits per heavy atom. The van der Waals surface area contributed by atoms with Gasteiger partial charge in [-0.1, -0.05) is 18.2 Å². The smallest absolute Gasteiger partial charge is 0.252 e. The molecule has 0 saturated heterocycles. The highest BCUT2D eigenvalue weighted by Gasteiger charge is 2.10. The second-order valence-corrected chi connectivity index (χ2v) is 5.12. The molecule has 19 heavy (non-hydrogen) atoms. The average molecular weight is 254 g/mol. The first-order valence-electron chi connectivity index (χ1n) is 6.82. The van der Waals surface area contributed by atoms with Crippen molar-refractivity contribution >= 4 is 0 Å². The molecule has 98 valence electrons. The first kappa shape index (κ1) is 12.2. The molecule has 1 aliphatic rings. The molecule has 0 saturated carbocycles. The number of fused-ring (bicyclic) bond motifs is 1. The summed E-state index contributed by atoms with van der Waals surface area (Å²) in [5.74, 6) is 0. The zero-order valence-corrected chi connectivity index (χ0v) is 10.9. The number of aryl methyl sites for hydroxylation is 2. The Labute approximate surface area is 112 Å². The van der Waals surface area contributed by atoms with Gasteiger partial charge in [0.15, 0.2) is 0 Å². The van der Waals surface area contributed by atoms with E-state index in [-0.39, 0.29) is 12.1 Å². The molecule has 3 nitrogen and oxygen atoms in total. The highest BCUT2D eigenvalue weighted by Crippen LogP contribution is 2.26. The lowest BCUT2D eigenvalue weighted by Gasteiger charge is -2.16. The number of hydrogen-bond acceptors (Lipinski definition) is 2. The molecule has 3 rings (SSSR count). The van der Waals surface area contributed by atoms with E-state index in [9.17, 15) is 4.79 Å². The van der Waals surface area contributed by atoms with E-state index >= 15 is 0 Å². The number of aromatic nitrogens is 1. The molecule has 3 heteroatoms. The van der Waals surface area contributed by atoms with E-state index in [4.69, 9.17) is 5.73 Å². The maximum Gasteiger partial charge on any atom is 0.252 e. The Morgan fingerprint density at radius 3 is 2.58 bits per heavy atom. The van der Waals surface area contributed by atoms with Gasteiger partial charge in [-0.2, -0.15) is 0 Å². The zero-order valence-electron chi connectivity index (χ0n) is 10.9. The molecule has 0 spiro atoms. The molecule has 0 radical (unpaired) electrons. The fourth-order valence-electron chi connectivity index (χ4n) is 2.73. The molecule has 1 heterocycles. The predicted molar refractivity (Wildman–Crippen MR) is 77.0 cm³/mol. The van der Waals surface area contributed by atoms with Crippen LogP contribution in [-0.4, -0.2) is 4.98 Å². The summed E-state index contributed by atoms with van der Waals surface area (Å²) in [6.07, 6.45) is 4.87. The summed E-state index contributed by atoms with van der Waals surface area (Å²) < 4.78 is 0. The van der Waals surface area contributed by atoms with Crippen LogP contribution in [0.3, 0.4) is 0 Å². The van der Waals surface area contributed by atoms with E-state index < -0.39 is 0 Å². The van der Waals surface area contributed by atoms with Crippen LogP contribution in [0.2, 0.25) is 0 Å². The van der Waals surface area contributed by atoms with Crippen molar-refractivity contribution in [3.63, 3.8) is 0 Å². The highest BCUT2D eigenvalue weighted by molar-refractivity contribution is 5.61. The highest BCUT2D eigenvalue weighted by atomic mass is 16.1. The Hall–Kier alpha value is -1.87. The molecular formula is C16H18N2O. The first-order chi connectivity index (χ1) is 9.28. The Balaban J connectivity index is 2.02. The van der Waals surface area contributed by atoms with Crippen LogP contribution in [0, 0.1) is 0 Å². The van der Waals surface area contributed by atoms with E-state index in [1.54, 1.807) is 0 Å². The molecule has 0 bridgehead atoms. The van der Waals surface area contributed by atoms with Crippen LogP contribution in [0.5, 0.6) is 0 Å². The number of H-pyrrole nitrogens is 1. The van der Waals surface area contributed by atoms with Crippen LogP contribution < -0.4 is 11.3 Å². The third-order valence-electron chi connectivity index (χ3n) is 3.87. The van der Waals surface area contributed by atoms with Crippen molar-refractivity contribution in [1.82, 2.24) is 4.98 Å². The standard InChI is InChI=1S/C16H18N2O/c17-10-14-7-8-15(18-16(14)19)13-6-5-11-3-1-2-4-12(11)9-13/h5-9H,1-4,10,17H2,(H,18,19). The number of benzene rings is 1. The van der Waals surface area contributed by atoms with Gasteiger partial charge in [0.25, 0.3) is 5.56 Å². The van der Waals surface area contributed by atoms with Crippen molar-refractivity contribution in [2.24, 2.45) is 5.73 Å². The van der Waals surface area contributed by atoms with Crippen LogP contribution in [0.1, 0.15) is 29.5 Å². The van der Waals surface area contributed by atoms with Gasteiger partial charge in [-0.25, -0.2) is 0 Å². The molecule has 0 fully saturated rings. The minimum Gasteiger partial charge on any atom is -0.326 e. The first-order valence-corrected chi connectivity index (χ1v) is 6.82. The van der Waals surface area contributed by atoms with Gasteiger partial charge in [0.05, 0.1) is 0 Å². The lowest BCUT2D eigenvalue weighted by Crippen LogP contribution is -2.16. The van der Waals surface area contributed by atoms with Crippen molar-refractivity contribution in [3.05, 3.63) is 57.4 Å². The van der Waals surface area contributed by atoms with Crippen LogP contribution in [0.4, 0.5) is 0 Å². The molecular weight excluding hydrogens is 236 g/mol. The SMILES string of the molecule is NCc1ccc(-c2ccc3c(c2)CCCC3)[nH]c1=O. The van der Waals surface area contributed by atoms with Gasteiger partial charge < -0.3 is 10.7 Å². The van der Waals surface area contributed by atoms with Crippen LogP contribution >= 0.6 is 0 Å². The van der Waals surface area contributed by atoms with Crippen LogP contribution in [0.15, 0.2) is 35.1 Å². The maximum absolute atomic E-state index is 11.8. The lowest BCUT2D eigenvalue weighted by atomic mass is 9.90. The molecule has 0 amide bonds. The summed E-state index contributed by atoms with van der Waals surface area (Å²) >= 11 is 0. The number of rotatable bonds is 2. The summed E-state index contributed by atoms with van der Waals surface area (Å²) in [6.45, 7) is 0.278. The molecule has 3 N–H and O–H groups in total. The number of aromatic amines is 1. The summed E-state index contributed by atoms with van der Waals surface area (Å²) in [5.41, 5.74) is 10.9. The topological polar surface area (TPSA) is 58.9 Å². The predicted octanol–water partition coefficient (Wildman–Crippen LogP) is 2.38. The maximum atomic E-state index is 11.8. The molecule has 1 aromatic carbocycles. The fourth-order valence-corrected chi connectivity index (χ4v) is 2.73. The third-order valence-corrected chi connectivity index (χ3v) is 3.87. The number of nitrogens with one attached hydrogen (secondary N) is 1. The van der Waals surface area contributed by atoms with Gasteiger partial charge in [-0.05, 0) is 54.5 Å². The molecule has 0 atom stereocenters. The van der Waals surface area contributed by atoms with Crippen molar-refractivity contribution < 1.29 is 0 Å². The number of nitrogens with two attached hydrogens (primary N) is 1. The minimum absolute atomic E-state index is 0.0854.